The largest absolute Gasteiger partial charge is 0.331 e. The number of hydrogen-bond acceptors (Lipinski definition) is 3. The van der Waals surface area contributed by atoms with E-state index in [0.29, 0.717) is 18.2 Å². The summed E-state index contributed by atoms with van der Waals surface area (Å²) in [4.78, 5) is 4.48. The Hall–Kier alpha value is -1.34. The lowest BCUT2D eigenvalue weighted by Crippen LogP contribution is -2.16. The molecule has 1 aliphatic rings. The van der Waals surface area contributed by atoms with Gasteiger partial charge in [-0.25, -0.2) is 4.98 Å². The van der Waals surface area contributed by atoms with Gasteiger partial charge in [-0.05, 0) is 32.2 Å². The molecule has 0 saturated carbocycles. The first kappa shape index (κ1) is 11.2. The number of hydrogen-bond donors (Lipinski definition) is 1. The van der Waals surface area contributed by atoms with Crippen molar-refractivity contribution in [1.82, 2.24) is 9.55 Å². The normalized spacial score (nSPS) is 16.6. The number of fused-ring (bicyclic) bond motifs is 1. The van der Waals surface area contributed by atoms with Crippen molar-refractivity contribution in [3.8, 4) is 6.07 Å². The lowest BCUT2D eigenvalue weighted by molar-refractivity contribution is 0.492. The molecule has 0 aromatic carbocycles. The van der Waals surface area contributed by atoms with Gasteiger partial charge in [-0.2, -0.15) is 5.26 Å². The zero-order valence-electron chi connectivity index (χ0n) is 9.74. The van der Waals surface area contributed by atoms with E-state index in [9.17, 15) is 0 Å². The van der Waals surface area contributed by atoms with Gasteiger partial charge >= 0.3 is 0 Å². The second-order valence-corrected chi connectivity index (χ2v) is 4.46. The molecule has 4 nitrogen and oxygen atoms in total. The standard InChI is InChI=1S/C12H18N4/c1-9(5-6-13)12-15-10(8-14)11-4-2-3-7-16(11)12/h9H,2-7,13H2,1H3. The van der Waals surface area contributed by atoms with Crippen LogP contribution in [0.5, 0.6) is 0 Å². The summed E-state index contributed by atoms with van der Waals surface area (Å²) < 4.78 is 2.24. The second-order valence-electron chi connectivity index (χ2n) is 4.46. The third-order valence-electron chi connectivity index (χ3n) is 3.29. The van der Waals surface area contributed by atoms with Crippen LogP contribution in [0, 0.1) is 11.3 Å². The van der Waals surface area contributed by atoms with Crippen LogP contribution in [-0.2, 0) is 13.0 Å². The fraction of sp³-hybridized carbons (Fsp3) is 0.667. The minimum atomic E-state index is 0.351. The average molecular weight is 218 g/mol. The van der Waals surface area contributed by atoms with E-state index in [4.69, 9.17) is 11.0 Å². The first-order valence-corrected chi connectivity index (χ1v) is 5.97. The zero-order valence-corrected chi connectivity index (χ0v) is 9.74. The van der Waals surface area contributed by atoms with Crippen LogP contribution in [0.25, 0.3) is 0 Å². The van der Waals surface area contributed by atoms with Gasteiger partial charge in [0.05, 0.1) is 5.69 Å². The highest BCUT2D eigenvalue weighted by atomic mass is 15.1. The summed E-state index contributed by atoms with van der Waals surface area (Å²) in [5.74, 6) is 1.40. The van der Waals surface area contributed by atoms with E-state index in [0.717, 1.165) is 30.9 Å². The molecule has 0 spiro atoms. The first-order chi connectivity index (χ1) is 7.77. The van der Waals surface area contributed by atoms with Crippen LogP contribution in [0.4, 0.5) is 0 Å². The number of imidazole rings is 1. The molecule has 1 aromatic rings. The minimum absolute atomic E-state index is 0.351. The van der Waals surface area contributed by atoms with E-state index < -0.39 is 0 Å². The smallest absolute Gasteiger partial charge is 0.161 e. The first-order valence-electron chi connectivity index (χ1n) is 5.97. The van der Waals surface area contributed by atoms with Gasteiger partial charge in [-0.15, -0.1) is 0 Å². The molecule has 2 N–H and O–H groups in total. The highest BCUT2D eigenvalue weighted by molar-refractivity contribution is 5.31. The van der Waals surface area contributed by atoms with Crippen molar-refractivity contribution in [3.05, 3.63) is 17.2 Å². The van der Waals surface area contributed by atoms with Gasteiger partial charge < -0.3 is 10.3 Å². The molecule has 86 valence electrons. The van der Waals surface area contributed by atoms with Crippen LogP contribution in [0.1, 0.15) is 49.3 Å². The van der Waals surface area contributed by atoms with Gasteiger partial charge in [0, 0.05) is 12.5 Å². The van der Waals surface area contributed by atoms with E-state index in [1.165, 1.54) is 12.8 Å². The molecule has 2 heterocycles. The molecule has 2 rings (SSSR count). The Balaban J connectivity index is 2.38. The molecule has 0 aliphatic carbocycles. The SMILES string of the molecule is CC(CCN)c1nc(C#N)c2n1CCCC2. The third-order valence-corrected chi connectivity index (χ3v) is 3.29. The molecule has 0 amide bonds. The summed E-state index contributed by atoms with van der Waals surface area (Å²) in [6.45, 7) is 3.82. The van der Waals surface area contributed by atoms with E-state index in [1.807, 2.05) is 0 Å². The van der Waals surface area contributed by atoms with Crippen molar-refractivity contribution < 1.29 is 0 Å². The molecule has 1 atom stereocenters. The van der Waals surface area contributed by atoms with Crippen LogP contribution in [-0.4, -0.2) is 16.1 Å². The van der Waals surface area contributed by atoms with Gasteiger partial charge in [-0.3, -0.25) is 0 Å². The van der Waals surface area contributed by atoms with Crippen LogP contribution in [0.2, 0.25) is 0 Å². The summed E-state index contributed by atoms with van der Waals surface area (Å²) >= 11 is 0. The van der Waals surface area contributed by atoms with Gasteiger partial charge in [0.2, 0.25) is 0 Å². The number of nitrogens with zero attached hydrogens (tertiary/aromatic N) is 3. The van der Waals surface area contributed by atoms with Gasteiger partial charge in [-0.1, -0.05) is 6.92 Å². The summed E-state index contributed by atoms with van der Waals surface area (Å²) in [7, 11) is 0. The maximum atomic E-state index is 9.07. The highest BCUT2D eigenvalue weighted by Gasteiger charge is 2.22. The fourth-order valence-electron chi connectivity index (χ4n) is 2.42. The Kier molecular flexibility index (Phi) is 3.25. The number of aromatic nitrogens is 2. The maximum Gasteiger partial charge on any atom is 0.161 e. The summed E-state index contributed by atoms with van der Waals surface area (Å²) in [6, 6.07) is 2.21. The van der Waals surface area contributed by atoms with Crippen LogP contribution in [0.15, 0.2) is 0 Å². The molecule has 16 heavy (non-hydrogen) atoms. The molecular formula is C12H18N4. The number of rotatable bonds is 3. The molecule has 1 unspecified atom stereocenters. The van der Waals surface area contributed by atoms with Gasteiger partial charge in [0.25, 0.3) is 0 Å². The molecular weight excluding hydrogens is 200 g/mol. The molecule has 0 radical (unpaired) electrons. The number of nitrogens with two attached hydrogens (primary N) is 1. The van der Waals surface area contributed by atoms with E-state index in [1.54, 1.807) is 0 Å². The Morgan fingerprint density at radius 2 is 2.38 bits per heavy atom. The maximum absolute atomic E-state index is 9.07. The Bertz CT molecular complexity index is 413. The van der Waals surface area contributed by atoms with Crippen molar-refractivity contribution in [3.63, 3.8) is 0 Å². The van der Waals surface area contributed by atoms with Crippen molar-refractivity contribution in [2.24, 2.45) is 5.73 Å². The topological polar surface area (TPSA) is 67.6 Å². The van der Waals surface area contributed by atoms with Crippen molar-refractivity contribution in [1.29, 1.82) is 5.26 Å². The Morgan fingerprint density at radius 3 is 3.06 bits per heavy atom. The predicted octanol–water partition coefficient (Wildman–Crippen LogP) is 1.54. The molecule has 0 bridgehead atoms. The zero-order chi connectivity index (χ0) is 11.5. The highest BCUT2D eigenvalue weighted by Crippen LogP contribution is 2.26. The van der Waals surface area contributed by atoms with Crippen LogP contribution < -0.4 is 5.73 Å². The van der Waals surface area contributed by atoms with E-state index in [-0.39, 0.29) is 0 Å². The van der Waals surface area contributed by atoms with E-state index in [2.05, 4.69) is 22.5 Å². The molecule has 1 aromatic heterocycles. The third kappa shape index (κ3) is 1.83. The lowest BCUT2D eigenvalue weighted by Gasteiger charge is -2.19. The summed E-state index contributed by atoms with van der Waals surface area (Å²) in [6.07, 6.45) is 4.29. The van der Waals surface area contributed by atoms with Crippen LogP contribution in [0.3, 0.4) is 0 Å². The predicted molar refractivity (Wildman–Crippen MR) is 62.0 cm³/mol. The summed E-state index contributed by atoms with van der Waals surface area (Å²) in [5.41, 5.74) is 7.34. The second kappa shape index (κ2) is 4.67. The van der Waals surface area contributed by atoms with Crippen molar-refractivity contribution >= 4 is 0 Å². The molecule has 4 heteroatoms. The monoisotopic (exact) mass is 218 g/mol. The van der Waals surface area contributed by atoms with Gasteiger partial charge in [0.1, 0.15) is 11.9 Å². The Labute approximate surface area is 96.1 Å². The van der Waals surface area contributed by atoms with Crippen LogP contribution >= 0.6 is 0 Å². The van der Waals surface area contributed by atoms with E-state index >= 15 is 0 Å². The molecule has 0 fully saturated rings. The van der Waals surface area contributed by atoms with Gasteiger partial charge in [0.15, 0.2) is 5.69 Å². The minimum Gasteiger partial charge on any atom is -0.331 e. The average Bonchev–Trinajstić information content (AvgIpc) is 2.68. The fourth-order valence-corrected chi connectivity index (χ4v) is 2.42. The quantitative estimate of drug-likeness (QED) is 0.836. The summed E-state index contributed by atoms with van der Waals surface area (Å²) in [5, 5.41) is 9.07. The van der Waals surface area contributed by atoms with Crippen molar-refractivity contribution in [2.75, 3.05) is 6.54 Å². The van der Waals surface area contributed by atoms with Crippen molar-refractivity contribution in [2.45, 2.75) is 45.1 Å². The molecule has 0 saturated heterocycles. The lowest BCUT2D eigenvalue weighted by atomic mass is 10.1. The number of nitriles is 1. The Morgan fingerprint density at radius 1 is 1.56 bits per heavy atom. The molecule has 1 aliphatic heterocycles.